The van der Waals surface area contributed by atoms with E-state index in [4.69, 9.17) is 4.74 Å². The highest BCUT2D eigenvalue weighted by molar-refractivity contribution is 5.94. The van der Waals surface area contributed by atoms with Crippen molar-refractivity contribution in [1.82, 2.24) is 10.2 Å². The van der Waals surface area contributed by atoms with Gasteiger partial charge in [-0.25, -0.2) is 4.79 Å². The topological polar surface area (TPSA) is 84.1 Å². The number of benzene rings is 1. The molecule has 0 spiro atoms. The lowest BCUT2D eigenvalue weighted by molar-refractivity contribution is -0.119. The van der Waals surface area contributed by atoms with Gasteiger partial charge in [0.25, 0.3) is 5.91 Å². The number of amides is 1. The van der Waals surface area contributed by atoms with Gasteiger partial charge in [-0.3, -0.25) is 9.89 Å². The molecule has 2 aromatic rings. The Labute approximate surface area is 128 Å². The number of carbonyl (C=O) groups excluding carboxylic acids is 2. The second-order valence-electron chi connectivity index (χ2n) is 5.02. The first-order chi connectivity index (χ1) is 10.6. The van der Waals surface area contributed by atoms with Crippen molar-refractivity contribution in [2.24, 2.45) is 0 Å². The number of hydrogen-bond donors (Lipinski definition) is 2. The highest BCUT2D eigenvalue weighted by Crippen LogP contribution is 2.08. The van der Waals surface area contributed by atoms with Crippen LogP contribution in [-0.4, -0.2) is 28.7 Å². The minimum atomic E-state index is -0.613. The minimum Gasteiger partial charge on any atom is -0.451 e. The Bertz CT molecular complexity index is 647. The molecule has 0 atom stereocenters. The highest BCUT2D eigenvalue weighted by Gasteiger charge is 2.13. The number of aromatic amines is 1. The molecule has 1 aromatic carbocycles. The molecule has 0 unspecified atom stereocenters. The maximum Gasteiger partial charge on any atom is 0.359 e. The van der Waals surface area contributed by atoms with Crippen LogP contribution >= 0.6 is 0 Å². The fraction of sp³-hybridized carbons (Fsp3) is 0.312. The smallest absolute Gasteiger partial charge is 0.359 e. The van der Waals surface area contributed by atoms with Gasteiger partial charge in [0.2, 0.25) is 0 Å². The summed E-state index contributed by atoms with van der Waals surface area (Å²) in [5.41, 5.74) is 2.83. The number of carbonyl (C=O) groups is 2. The van der Waals surface area contributed by atoms with Crippen LogP contribution in [0, 0.1) is 6.92 Å². The molecule has 22 heavy (non-hydrogen) atoms. The second kappa shape index (κ2) is 7.40. The average molecular weight is 301 g/mol. The maximum absolute atomic E-state index is 11.8. The number of hydrogen-bond acceptors (Lipinski definition) is 4. The first-order valence-electron chi connectivity index (χ1n) is 7.16. The van der Waals surface area contributed by atoms with Gasteiger partial charge < -0.3 is 10.1 Å². The molecule has 116 valence electrons. The predicted octanol–water partition coefficient (Wildman–Crippen LogP) is 2.47. The quantitative estimate of drug-likeness (QED) is 0.803. The molecule has 0 aliphatic rings. The summed E-state index contributed by atoms with van der Waals surface area (Å²) < 4.78 is 4.94. The summed E-state index contributed by atoms with van der Waals surface area (Å²) in [4.78, 5) is 23.5. The first kappa shape index (κ1) is 15.8. The van der Waals surface area contributed by atoms with E-state index < -0.39 is 5.97 Å². The fourth-order valence-corrected chi connectivity index (χ4v) is 1.90. The Morgan fingerprint density at radius 2 is 2.00 bits per heavy atom. The van der Waals surface area contributed by atoms with E-state index in [0.29, 0.717) is 5.69 Å². The number of aryl methyl sites for hydroxylation is 2. The van der Waals surface area contributed by atoms with Crippen molar-refractivity contribution in [1.29, 1.82) is 0 Å². The zero-order chi connectivity index (χ0) is 15.9. The Kier molecular flexibility index (Phi) is 5.30. The van der Waals surface area contributed by atoms with Crippen molar-refractivity contribution in [2.75, 3.05) is 11.9 Å². The summed E-state index contributed by atoms with van der Waals surface area (Å²) in [6.45, 7) is 3.65. The van der Waals surface area contributed by atoms with Crippen molar-refractivity contribution < 1.29 is 14.3 Å². The van der Waals surface area contributed by atoms with Gasteiger partial charge in [0.1, 0.15) is 0 Å². The number of esters is 1. The summed E-state index contributed by atoms with van der Waals surface area (Å²) in [6, 6.07) is 9.00. The van der Waals surface area contributed by atoms with Crippen LogP contribution in [0.2, 0.25) is 0 Å². The van der Waals surface area contributed by atoms with Gasteiger partial charge in [-0.2, -0.15) is 5.10 Å². The molecule has 2 N–H and O–H groups in total. The van der Waals surface area contributed by atoms with E-state index in [9.17, 15) is 9.59 Å². The average Bonchev–Trinajstić information content (AvgIpc) is 2.96. The van der Waals surface area contributed by atoms with Gasteiger partial charge in [0, 0.05) is 11.4 Å². The highest BCUT2D eigenvalue weighted by atomic mass is 16.5. The molecule has 1 amide bonds. The molecule has 1 aromatic heterocycles. The molecule has 6 nitrogen and oxygen atoms in total. The van der Waals surface area contributed by atoms with Crippen molar-refractivity contribution in [3.8, 4) is 0 Å². The van der Waals surface area contributed by atoms with E-state index in [1.165, 1.54) is 0 Å². The zero-order valence-corrected chi connectivity index (χ0v) is 12.7. The van der Waals surface area contributed by atoms with Crippen LogP contribution in [0.4, 0.5) is 5.69 Å². The maximum atomic E-state index is 11.8. The molecular weight excluding hydrogens is 282 g/mol. The summed E-state index contributed by atoms with van der Waals surface area (Å²) >= 11 is 0. The van der Waals surface area contributed by atoms with E-state index >= 15 is 0 Å². The minimum absolute atomic E-state index is 0.187. The molecule has 0 radical (unpaired) electrons. The Hall–Kier alpha value is -2.63. The number of H-pyrrole nitrogens is 1. The Morgan fingerprint density at radius 1 is 1.27 bits per heavy atom. The van der Waals surface area contributed by atoms with Crippen LogP contribution in [-0.2, 0) is 16.0 Å². The monoisotopic (exact) mass is 301 g/mol. The first-order valence-corrected chi connectivity index (χ1v) is 7.16. The third kappa shape index (κ3) is 4.44. The zero-order valence-electron chi connectivity index (χ0n) is 12.7. The van der Waals surface area contributed by atoms with Crippen LogP contribution in [0.1, 0.15) is 35.1 Å². The summed E-state index contributed by atoms with van der Waals surface area (Å²) in [5, 5.41) is 9.30. The van der Waals surface area contributed by atoms with Gasteiger partial charge in [-0.05, 0) is 31.5 Å². The number of nitrogens with zero attached hydrogens (tertiary/aromatic N) is 1. The van der Waals surface area contributed by atoms with Crippen molar-refractivity contribution >= 4 is 17.6 Å². The van der Waals surface area contributed by atoms with E-state index in [1.54, 1.807) is 18.2 Å². The van der Waals surface area contributed by atoms with Crippen LogP contribution in [0.3, 0.4) is 0 Å². The Morgan fingerprint density at radius 3 is 2.68 bits per heavy atom. The lowest BCUT2D eigenvalue weighted by Crippen LogP contribution is -2.21. The van der Waals surface area contributed by atoms with E-state index in [-0.39, 0.29) is 18.2 Å². The van der Waals surface area contributed by atoms with Crippen molar-refractivity contribution in [3.63, 3.8) is 0 Å². The van der Waals surface area contributed by atoms with Gasteiger partial charge in [-0.15, -0.1) is 0 Å². The van der Waals surface area contributed by atoms with Crippen LogP contribution in [0.5, 0.6) is 0 Å². The van der Waals surface area contributed by atoms with Crippen LogP contribution in [0.15, 0.2) is 30.3 Å². The van der Waals surface area contributed by atoms with Crippen molar-refractivity contribution in [3.05, 3.63) is 47.3 Å². The number of rotatable bonds is 6. The SMILES string of the molecule is CCCc1cc(C(=O)OCC(=O)Nc2ccc(C)cc2)n[nH]1. The lowest BCUT2D eigenvalue weighted by Gasteiger charge is -2.05. The molecular formula is C16H19N3O3. The molecule has 0 bridgehead atoms. The lowest BCUT2D eigenvalue weighted by atomic mass is 10.2. The molecule has 0 fully saturated rings. The van der Waals surface area contributed by atoms with Crippen molar-refractivity contribution in [2.45, 2.75) is 26.7 Å². The van der Waals surface area contributed by atoms with Gasteiger partial charge in [-0.1, -0.05) is 31.0 Å². The number of anilines is 1. The predicted molar refractivity (Wildman–Crippen MR) is 82.7 cm³/mol. The second-order valence-corrected chi connectivity index (χ2v) is 5.02. The summed E-state index contributed by atoms with van der Waals surface area (Å²) in [7, 11) is 0. The molecule has 1 heterocycles. The molecule has 0 saturated heterocycles. The fourth-order valence-electron chi connectivity index (χ4n) is 1.90. The van der Waals surface area contributed by atoms with Gasteiger partial charge in [0.15, 0.2) is 12.3 Å². The standard InChI is InChI=1S/C16H19N3O3/c1-3-4-13-9-14(19-18-13)16(21)22-10-15(20)17-12-7-5-11(2)6-8-12/h5-9H,3-4,10H2,1-2H3,(H,17,20)(H,18,19). The number of aromatic nitrogens is 2. The molecule has 0 aliphatic carbocycles. The summed E-state index contributed by atoms with van der Waals surface area (Å²) in [5.74, 6) is -1.00. The molecule has 0 saturated carbocycles. The molecule has 6 heteroatoms. The third-order valence-corrected chi connectivity index (χ3v) is 3.03. The van der Waals surface area contributed by atoms with Gasteiger partial charge >= 0.3 is 5.97 Å². The summed E-state index contributed by atoms with van der Waals surface area (Å²) in [6.07, 6.45) is 1.77. The van der Waals surface area contributed by atoms with E-state index in [1.807, 2.05) is 26.0 Å². The number of nitrogens with one attached hydrogen (secondary N) is 2. The van der Waals surface area contributed by atoms with Gasteiger partial charge in [0.05, 0.1) is 0 Å². The number of ether oxygens (including phenoxy) is 1. The molecule has 0 aliphatic heterocycles. The van der Waals surface area contributed by atoms with E-state index in [2.05, 4.69) is 15.5 Å². The Balaban J connectivity index is 1.82. The normalized spacial score (nSPS) is 10.3. The largest absolute Gasteiger partial charge is 0.451 e. The van der Waals surface area contributed by atoms with Crippen LogP contribution < -0.4 is 5.32 Å². The third-order valence-electron chi connectivity index (χ3n) is 3.03. The molecule has 2 rings (SSSR count). The van der Waals surface area contributed by atoms with Crippen LogP contribution in [0.25, 0.3) is 0 Å². The van der Waals surface area contributed by atoms with E-state index in [0.717, 1.165) is 24.1 Å².